The van der Waals surface area contributed by atoms with Gasteiger partial charge in [0.1, 0.15) is 0 Å². The number of benzene rings is 1. The maximum Gasteiger partial charge on any atom is 1.00 e. The summed E-state index contributed by atoms with van der Waals surface area (Å²) < 4.78 is 0. The second-order valence-electron chi connectivity index (χ2n) is 1.68. The van der Waals surface area contributed by atoms with Crippen LogP contribution in [0.25, 0.3) is 10.4 Å². The summed E-state index contributed by atoms with van der Waals surface area (Å²) in [6.07, 6.45) is 0. The molecule has 0 N–H and O–H groups in total. The topological polar surface area (TPSA) is 71.8 Å². The molecule has 0 aliphatic rings. The minimum Gasteiger partial charge on any atom is -0.872 e. The Kier molecular flexibility index (Phi) is 6.17. The first-order valence-corrected chi connectivity index (χ1v) is 2.65. The molecule has 0 heterocycles. The predicted octanol–water partition coefficient (Wildman–Crippen LogP) is -1.29. The zero-order valence-corrected chi connectivity index (χ0v) is 12.3. The van der Waals surface area contributed by atoms with Crippen LogP contribution in [-0.2, 0) is 0 Å². The van der Waals surface area contributed by atoms with Gasteiger partial charge in [0.25, 0.3) is 0 Å². The molecule has 1 aromatic rings. The normalized spacial score (nSPS) is 7.64. The Labute approximate surface area is 123 Å². The van der Waals surface area contributed by atoms with Crippen molar-refractivity contribution in [2.24, 2.45) is 5.11 Å². The van der Waals surface area contributed by atoms with Gasteiger partial charge in [-0.15, -0.1) is 5.75 Å². The van der Waals surface area contributed by atoms with E-state index in [0.717, 1.165) is 0 Å². The molecule has 0 saturated carbocycles. The van der Waals surface area contributed by atoms with Gasteiger partial charge in [0.15, 0.2) is 0 Å². The van der Waals surface area contributed by atoms with Gasteiger partial charge >= 0.3 is 68.9 Å². The summed E-state index contributed by atoms with van der Waals surface area (Å²) in [5, 5.41) is 13.8. The minimum atomic E-state index is -0.0862. The van der Waals surface area contributed by atoms with Crippen LogP contribution in [0, 0.1) is 0 Å². The van der Waals surface area contributed by atoms with Crippen molar-refractivity contribution in [1.82, 2.24) is 0 Å². The average molecular weight is 267 g/mol. The van der Waals surface area contributed by atoms with Crippen LogP contribution in [0.1, 0.15) is 0 Å². The van der Waals surface area contributed by atoms with Gasteiger partial charge in [-0.1, -0.05) is 29.4 Å². The Balaban J connectivity index is 0.000001000. The molecule has 4 nitrogen and oxygen atoms in total. The van der Waals surface area contributed by atoms with E-state index in [9.17, 15) is 5.11 Å². The molecule has 0 saturated heterocycles. The summed E-state index contributed by atoms with van der Waals surface area (Å²) in [4.78, 5) is 2.56. The number of azide groups is 1. The van der Waals surface area contributed by atoms with Gasteiger partial charge in [-0.3, -0.25) is 0 Å². The van der Waals surface area contributed by atoms with E-state index in [0.29, 0.717) is 5.69 Å². The number of hydrogen-bond acceptors (Lipinski definition) is 2. The fourth-order valence-corrected chi connectivity index (χ4v) is 0.564. The van der Waals surface area contributed by atoms with Gasteiger partial charge in [0.05, 0.1) is 0 Å². The molecule has 0 fully saturated rings. The zero-order chi connectivity index (χ0) is 7.40. The predicted molar refractivity (Wildman–Crippen MR) is 34.7 cm³/mol. The zero-order valence-electron chi connectivity index (χ0n) is 6.06. The molecule has 50 valence electrons. The molecule has 1 rings (SSSR count). The maximum absolute atomic E-state index is 10.5. The third-order valence-electron chi connectivity index (χ3n) is 0.997. The third-order valence-corrected chi connectivity index (χ3v) is 0.997. The molecular formula is C6H4CsN3O. The largest absolute Gasteiger partial charge is 1.00 e. The van der Waals surface area contributed by atoms with Gasteiger partial charge in [0, 0.05) is 10.6 Å². The van der Waals surface area contributed by atoms with Crippen LogP contribution in [0.15, 0.2) is 29.4 Å². The van der Waals surface area contributed by atoms with Crippen molar-refractivity contribution in [1.29, 1.82) is 0 Å². The first-order chi connectivity index (χ1) is 4.83. The quantitative estimate of drug-likeness (QED) is 0.354. The monoisotopic (exact) mass is 267 g/mol. The number of hydrogen-bond donors (Lipinski definition) is 0. The summed E-state index contributed by atoms with van der Waals surface area (Å²) in [5.41, 5.74) is 8.43. The average Bonchev–Trinajstić information content (AvgIpc) is 1.95. The van der Waals surface area contributed by atoms with Crippen molar-refractivity contribution in [3.8, 4) is 5.75 Å². The Morgan fingerprint density at radius 3 is 2.27 bits per heavy atom. The van der Waals surface area contributed by atoms with Crippen LogP contribution in [-0.4, -0.2) is 0 Å². The molecule has 0 bridgehead atoms. The Morgan fingerprint density at radius 2 is 1.82 bits per heavy atom. The van der Waals surface area contributed by atoms with E-state index in [1.54, 1.807) is 0 Å². The van der Waals surface area contributed by atoms with Crippen molar-refractivity contribution in [2.75, 3.05) is 0 Å². The number of rotatable bonds is 1. The van der Waals surface area contributed by atoms with Crippen LogP contribution in [0.2, 0.25) is 0 Å². The van der Waals surface area contributed by atoms with Crippen LogP contribution in [0.4, 0.5) is 5.69 Å². The smallest absolute Gasteiger partial charge is 0.872 e. The standard InChI is InChI=1S/C6H5N3O.Cs/c7-9-8-5-1-3-6(10)4-2-5;/h1-4,10H;/q;+1/p-1. The summed E-state index contributed by atoms with van der Waals surface area (Å²) in [6, 6.07) is 5.65. The first-order valence-electron chi connectivity index (χ1n) is 2.65. The molecule has 0 spiro atoms. The fraction of sp³-hybridized carbons (Fsp3) is 0. The van der Waals surface area contributed by atoms with Crippen molar-refractivity contribution in [3.05, 3.63) is 34.7 Å². The summed E-state index contributed by atoms with van der Waals surface area (Å²) in [5.74, 6) is -0.0862. The summed E-state index contributed by atoms with van der Waals surface area (Å²) >= 11 is 0. The Morgan fingerprint density at radius 1 is 1.27 bits per heavy atom. The van der Waals surface area contributed by atoms with Crippen molar-refractivity contribution in [2.45, 2.75) is 0 Å². The number of nitrogens with zero attached hydrogens (tertiary/aromatic N) is 3. The van der Waals surface area contributed by atoms with Crippen molar-refractivity contribution in [3.63, 3.8) is 0 Å². The van der Waals surface area contributed by atoms with Gasteiger partial charge < -0.3 is 5.11 Å². The summed E-state index contributed by atoms with van der Waals surface area (Å²) in [7, 11) is 0. The van der Waals surface area contributed by atoms with E-state index in [2.05, 4.69) is 10.0 Å². The second kappa shape index (κ2) is 5.96. The maximum atomic E-state index is 10.5. The van der Waals surface area contributed by atoms with Crippen molar-refractivity contribution < 1.29 is 74.0 Å². The molecule has 0 unspecified atom stereocenters. The first kappa shape index (κ1) is 11.4. The van der Waals surface area contributed by atoms with Gasteiger partial charge in [-0.2, -0.15) is 0 Å². The SMILES string of the molecule is [Cs+].[N-]=[N+]=Nc1ccc([O-])cc1. The van der Waals surface area contributed by atoms with Gasteiger partial charge in [-0.25, -0.2) is 0 Å². The van der Waals surface area contributed by atoms with E-state index in [-0.39, 0.29) is 74.6 Å². The van der Waals surface area contributed by atoms with Gasteiger partial charge in [-0.05, 0) is 5.53 Å². The molecular weight excluding hydrogens is 263 g/mol. The molecule has 0 aliphatic heterocycles. The molecule has 5 heteroatoms. The Hall–Kier alpha value is 0.382. The Bertz CT molecular complexity index is 266. The minimum absolute atomic E-state index is 0. The van der Waals surface area contributed by atoms with Crippen LogP contribution in [0.3, 0.4) is 0 Å². The van der Waals surface area contributed by atoms with E-state index < -0.39 is 0 Å². The molecule has 0 aliphatic carbocycles. The summed E-state index contributed by atoms with van der Waals surface area (Å²) in [6.45, 7) is 0. The second-order valence-corrected chi connectivity index (χ2v) is 1.68. The third kappa shape index (κ3) is 4.07. The fourth-order valence-electron chi connectivity index (χ4n) is 0.564. The van der Waals surface area contributed by atoms with E-state index in [1.807, 2.05) is 0 Å². The molecule has 0 radical (unpaired) electrons. The van der Waals surface area contributed by atoms with Crippen LogP contribution >= 0.6 is 0 Å². The van der Waals surface area contributed by atoms with Crippen LogP contribution < -0.4 is 74.0 Å². The molecule has 0 aromatic heterocycles. The van der Waals surface area contributed by atoms with E-state index in [1.165, 1.54) is 24.3 Å². The van der Waals surface area contributed by atoms with E-state index >= 15 is 0 Å². The van der Waals surface area contributed by atoms with Gasteiger partial charge in [0.2, 0.25) is 0 Å². The van der Waals surface area contributed by atoms with Crippen molar-refractivity contribution >= 4 is 5.69 Å². The van der Waals surface area contributed by atoms with Crippen LogP contribution in [0.5, 0.6) is 5.75 Å². The molecule has 11 heavy (non-hydrogen) atoms. The molecule has 1 aromatic carbocycles. The molecule has 0 amide bonds. The molecule has 0 atom stereocenters. The van der Waals surface area contributed by atoms with E-state index in [4.69, 9.17) is 5.53 Å².